The monoisotopic (exact) mass is 180 g/mol. The molecule has 1 aromatic rings. The Morgan fingerprint density at radius 1 is 1.25 bits per heavy atom. The Morgan fingerprint density at radius 2 is 1.83 bits per heavy atom. The van der Waals surface area contributed by atoms with E-state index in [0.717, 1.165) is 17.7 Å². The fourth-order valence-corrected chi connectivity index (χ4v) is 2.50. The van der Waals surface area contributed by atoms with Crippen LogP contribution in [-0.4, -0.2) is 9.46 Å². The quantitative estimate of drug-likeness (QED) is 0.682. The van der Waals surface area contributed by atoms with Gasteiger partial charge in [-0.2, -0.15) is 0 Å². The number of hydrogen-bond acceptors (Lipinski definition) is 1. The summed E-state index contributed by atoms with van der Waals surface area (Å²) < 4.78 is 11.6. The second-order valence-corrected chi connectivity index (χ2v) is 5.04. The van der Waals surface area contributed by atoms with Gasteiger partial charge in [0.2, 0.25) is 0 Å². The molecule has 1 atom stereocenters. The Bertz CT molecular complexity index is 298. The molecule has 0 heterocycles. The first-order valence-electron chi connectivity index (χ1n) is 4.24. The molecule has 2 rings (SSSR count). The first-order valence-corrected chi connectivity index (χ1v) is 5.46. The lowest BCUT2D eigenvalue weighted by molar-refractivity contribution is 0.682. The van der Waals surface area contributed by atoms with Crippen molar-refractivity contribution in [3.63, 3.8) is 0 Å². The minimum atomic E-state index is -0.732. The molecule has 0 bridgehead atoms. The summed E-state index contributed by atoms with van der Waals surface area (Å²) in [5.74, 6) is 0. The van der Waals surface area contributed by atoms with Crippen LogP contribution in [0.3, 0.4) is 0 Å². The fourth-order valence-electron chi connectivity index (χ4n) is 1.15. The Morgan fingerprint density at radius 3 is 2.33 bits per heavy atom. The highest BCUT2D eigenvalue weighted by Crippen LogP contribution is 2.30. The summed E-state index contributed by atoms with van der Waals surface area (Å²) >= 11 is 0. The molecule has 0 amide bonds. The molecule has 2 heteroatoms. The highest BCUT2D eigenvalue weighted by molar-refractivity contribution is 7.86. The van der Waals surface area contributed by atoms with Crippen molar-refractivity contribution in [2.75, 3.05) is 0 Å². The molecule has 0 aliphatic heterocycles. The van der Waals surface area contributed by atoms with E-state index >= 15 is 0 Å². The summed E-state index contributed by atoms with van der Waals surface area (Å²) in [6, 6.07) is 8.00. The lowest BCUT2D eigenvalue weighted by Crippen LogP contribution is -1.96. The topological polar surface area (TPSA) is 17.1 Å². The summed E-state index contributed by atoms with van der Waals surface area (Å²) in [5.41, 5.74) is 1.23. The maximum absolute atomic E-state index is 11.6. The van der Waals surface area contributed by atoms with E-state index in [1.165, 1.54) is 5.56 Å². The number of rotatable bonds is 2. The van der Waals surface area contributed by atoms with Crippen LogP contribution in [0.2, 0.25) is 0 Å². The third-order valence-electron chi connectivity index (χ3n) is 2.08. The minimum Gasteiger partial charge on any atom is -0.254 e. The largest absolute Gasteiger partial charge is 0.254 e. The summed E-state index contributed by atoms with van der Waals surface area (Å²) in [7, 11) is -0.732. The van der Waals surface area contributed by atoms with Crippen molar-refractivity contribution >= 4 is 10.8 Å². The molecule has 1 saturated carbocycles. The first-order chi connectivity index (χ1) is 5.77. The average Bonchev–Trinajstić information content (AvgIpc) is 2.87. The number of aryl methyl sites for hydroxylation is 1. The van der Waals surface area contributed by atoms with Crippen LogP contribution in [0.4, 0.5) is 0 Å². The molecule has 0 aromatic heterocycles. The standard InChI is InChI=1S/C10H12OS/c1-8-2-4-9(5-3-8)12(11)10-6-7-10/h2-5,10H,6-7H2,1H3/t12-/m0/s1. The van der Waals surface area contributed by atoms with Crippen LogP contribution < -0.4 is 0 Å². The smallest absolute Gasteiger partial charge is 0.0560 e. The van der Waals surface area contributed by atoms with Crippen LogP contribution >= 0.6 is 0 Å². The maximum atomic E-state index is 11.6. The molecule has 1 nitrogen and oxygen atoms in total. The number of benzene rings is 1. The van der Waals surface area contributed by atoms with Crippen molar-refractivity contribution in [1.29, 1.82) is 0 Å². The molecule has 0 N–H and O–H groups in total. The van der Waals surface area contributed by atoms with E-state index in [0.29, 0.717) is 5.25 Å². The van der Waals surface area contributed by atoms with Crippen molar-refractivity contribution in [3.8, 4) is 0 Å². The Hall–Kier alpha value is -0.630. The lowest BCUT2D eigenvalue weighted by Gasteiger charge is -1.99. The van der Waals surface area contributed by atoms with Gasteiger partial charge in [-0.25, -0.2) is 0 Å². The van der Waals surface area contributed by atoms with Crippen LogP contribution in [-0.2, 0) is 10.8 Å². The van der Waals surface area contributed by atoms with Crippen molar-refractivity contribution in [1.82, 2.24) is 0 Å². The predicted molar refractivity (Wildman–Crippen MR) is 50.6 cm³/mol. The van der Waals surface area contributed by atoms with Crippen LogP contribution in [0.25, 0.3) is 0 Å². The van der Waals surface area contributed by atoms with Gasteiger partial charge in [-0.15, -0.1) is 0 Å². The van der Waals surface area contributed by atoms with Gasteiger partial charge >= 0.3 is 0 Å². The molecular weight excluding hydrogens is 168 g/mol. The van der Waals surface area contributed by atoms with E-state index in [1.54, 1.807) is 0 Å². The highest BCUT2D eigenvalue weighted by atomic mass is 32.2. The first kappa shape index (κ1) is 7.99. The Kier molecular flexibility index (Phi) is 2.01. The van der Waals surface area contributed by atoms with Crippen molar-refractivity contribution in [3.05, 3.63) is 29.8 Å². The second-order valence-electron chi connectivity index (χ2n) is 3.31. The van der Waals surface area contributed by atoms with Crippen LogP contribution in [0.1, 0.15) is 18.4 Å². The van der Waals surface area contributed by atoms with Gasteiger partial charge in [-0.05, 0) is 31.9 Å². The molecule has 1 aromatic carbocycles. The average molecular weight is 180 g/mol. The Balaban J connectivity index is 2.22. The van der Waals surface area contributed by atoms with Gasteiger partial charge in [0.15, 0.2) is 0 Å². The molecule has 0 radical (unpaired) electrons. The maximum Gasteiger partial charge on any atom is 0.0560 e. The SMILES string of the molecule is Cc1ccc([S@](=O)C2CC2)cc1. The molecule has 0 unspecified atom stereocenters. The molecule has 12 heavy (non-hydrogen) atoms. The molecule has 1 fully saturated rings. The molecule has 1 aliphatic rings. The third kappa shape index (κ3) is 1.58. The highest BCUT2D eigenvalue weighted by Gasteiger charge is 2.28. The van der Waals surface area contributed by atoms with Gasteiger partial charge in [-0.1, -0.05) is 17.7 Å². The van der Waals surface area contributed by atoms with Crippen molar-refractivity contribution < 1.29 is 4.21 Å². The Labute approximate surface area is 75.3 Å². The van der Waals surface area contributed by atoms with E-state index < -0.39 is 10.8 Å². The zero-order chi connectivity index (χ0) is 8.55. The van der Waals surface area contributed by atoms with Crippen molar-refractivity contribution in [2.45, 2.75) is 29.9 Å². The van der Waals surface area contributed by atoms with E-state index in [2.05, 4.69) is 0 Å². The lowest BCUT2D eigenvalue weighted by atomic mass is 10.2. The third-order valence-corrected chi connectivity index (χ3v) is 3.89. The van der Waals surface area contributed by atoms with Gasteiger partial charge in [0.05, 0.1) is 10.8 Å². The van der Waals surface area contributed by atoms with Crippen LogP contribution in [0.5, 0.6) is 0 Å². The second kappa shape index (κ2) is 3.02. The van der Waals surface area contributed by atoms with E-state index in [4.69, 9.17) is 0 Å². The van der Waals surface area contributed by atoms with Gasteiger partial charge in [0.25, 0.3) is 0 Å². The van der Waals surface area contributed by atoms with Gasteiger partial charge in [0, 0.05) is 10.1 Å². The summed E-state index contributed by atoms with van der Waals surface area (Å²) in [6.07, 6.45) is 2.28. The minimum absolute atomic E-state index is 0.452. The van der Waals surface area contributed by atoms with Crippen molar-refractivity contribution in [2.24, 2.45) is 0 Å². The fraction of sp³-hybridized carbons (Fsp3) is 0.400. The van der Waals surface area contributed by atoms with E-state index in [9.17, 15) is 4.21 Å². The van der Waals surface area contributed by atoms with E-state index in [-0.39, 0.29) is 0 Å². The number of hydrogen-bond donors (Lipinski definition) is 0. The molecule has 0 spiro atoms. The van der Waals surface area contributed by atoms with Crippen LogP contribution in [0, 0.1) is 6.92 Å². The molecular formula is C10H12OS. The molecule has 0 saturated heterocycles. The van der Waals surface area contributed by atoms with Gasteiger partial charge < -0.3 is 0 Å². The van der Waals surface area contributed by atoms with Crippen LogP contribution in [0.15, 0.2) is 29.2 Å². The predicted octanol–water partition coefficient (Wildman–Crippen LogP) is 2.27. The van der Waals surface area contributed by atoms with Gasteiger partial charge in [-0.3, -0.25) is 4.21 Å². The summed E-state index contributed by atoms with van der Waals surface area (Å²) in [5, 5.41) is 0.452. The zero-order valence-electron chi connectivity index (χ0n) is 7.12. The normalized spacial score (nSPS) is 19.1. The molecule has 1 aliphatic carbocycles. The van der Waals surface area contributed by atoms with E-state index in [1.807, 2.05) is 31.2 Å². The summed E-state index contributed by atoms with van der Waals surface area (Å²) in [6.45, 7) is 2.05. The van der Waals surface area contributed by atoms with Gasteiger partial charge in [0.1, 0.15) is 0 Å². The zero-order valence-corrected chi connectivity index (χ0v) is 7.93. The molecule has 64 valence electrons. The summed E-state index contributed by atoms with van der Waals surface area (Å²) in [4.78, 5) is 0.989.